The molecule has 2 nitrogen and oxygen atoms in total. The molecule has 78 valence electrons. The zero-order valence-corrected chi connectivity index (χ0v) is 9.16. The van der Waals surface area contributed by atoms with Gasteiger partial charge in [0.1, 0.15) is 0 Å². The first-order valence-electron chi connectivity index (χ1n) is 5.57. The minimum Gasteiger partial charge on any atom is -0.393 e. The van der Waals surface area contributed by atoms with Crippen molar-refractivity contribution in [2.24, 2.45) is 5.92 Å². The molecule has 1 fully saturated rings. The standard InChI is InChI=1S/C11H23NO/c1-4-5-6-12-8-9(2)11(13)7-10(12)3/h9-11,13H,4-8H2,1-3H3/t9-,10?,11?/m0/s1. The molecule has 2 unspecified atom stereocenters. The van der Waals surface area contributed by atoms with Crippen molar-refractivity contribution in [1.82, 2.24) is 4.90 Å². The Hall–Kier alpha value is -0.0800. The summed E-state index contributed by atoms with van der Waals surface area (Å²) >= 11 is 0. The highest BCUT2D eigenvalue weighted by atomic mass is 16.3. The molecule has 0 aromatic rings. The second-order valence-corrected chi connectivity index (χ2v) is 4.48. The average molecular weight is 185 g/mol. The summed E-state index contributed by atoms with van der Waals surface area (Å²) in [5.41, 5.74) is 0. The number of unbranched alkanes of at least 4 members (excludes halogenated alkanes) is 1. The molecule has 3 atom stereocenters. The van der Waals surface area contributed by atoms with Gasteiger partial charge in [0.05, 0.1) is 6.10 Å². The number of rotatable bonds is 3. The van der Waals surface area contributed by atoms with Crippen molar-refractivity contribution in [3.05, 3.63) is 0 Å². The maximum Gasteiger partial charge on any atom is 0.0592 e. The van der Waals surface area contributed by atoms with Crippen LogP contribution in [0.15, 0.2) is 0 Å². The molecule has 1 heterocycles. The van der Waals surface area contributed by atoms with Gasteiger partial charge in [-0.2, -0.15) is 0 Å². The van der Waals surface area contributed by atoms with Crippen molar-refractivity contribution < 1.29 is 5.11 Å². The lowest BCUT2D eigenvalue weighted by molar-refractivity contribution is 0.00525. The maximum atomic E-state index is 9.66. The quantitative estimate of drug-likeness (QED) is 0.725. The summed E-state index contributed by atoms with van der Waals surface area (Å²) in [4.78, 5) is 2.51. The summed E-state index contributed by atoms with van der Waals surface area (Å²) in [6, 6.07) is 0.567. The van der Waals surface area contributed by atoms with Crippen LogP contribution in [0.25, 0.3) is 0 Å². The molecule has 1 N–H and O–H groups in total. The van der Waals surface area contributed by atoms with E-state index >= 15 is 0 Å². The fourth-order valence-electron chi connectivity index (χ4n) is 2.08. The molecule has 1 rings (SSSR count). The Morgan fingerprint density at radius 2 is 2.08 bits per heavy atom. The zero-order valence-electron chi connectivity index (χ0n) is 9.16. The SMILES string of the molecule is CCCCN1C[C@H](C)C(O)CC1C. The van der Waals surface area contributed by atoms with Crippen LogP contribution in [0.5, 0.6) is 0 Å². The van der Waals surface area contributed by atoms with E-state index in [4.69, 9.17) is 0 Å². The van der Waals surface area contributed by atoms with Crippen molar-refractivity contribution in [3.63, 3.8) is 0 Å². The Bertz CT molecular complexity index is 149. The molecular weight excluding hydrogens is 162 g/mol. The van der Waals surface area contributed by atoms with E-state index in [9.17, 15) is 5.11 Å². The van der Waals surface area contributed by atoms with Gasteiger partial charge in [0, 0.05) is 12.6 Å². The molecule has 0 spiro atoms. The van der Waals surface area contributed by atoms with Gasteiger partial charge in [0.25, 0.3) is 0 Å². The third-order valence-corrected chi connectivity index (χ3v) is 3.18. The Morgan fingerprint density at radius 3 is 2.69 bits per heavy atom. The third-order valence-electron chi connectivity index (χ3n) is 3.18. The van der Waals surface area contributed by atoms with Gasteiger partial charge < -0.3 is 10.0 Å². The number of likely N-dealkylation sites (tertiary alicyclic amines) is 1. The number of hydrogen-bond acceptors (Lipinski definition) is 2. The topological polar surface area (TPSA) is 23.5 Å². The molecule has 0 aliphatic carbocycles. The number of piperidine rings is 1. The minimum atomic E-state index is -0.0760. The summed E-state index contributed by atoms with van der Waals surface area (Å²) in [5, 5.41) is 9.66. The van der Waals surface area contributed by atoms with Crippen LogP contribution in [-0.4, -0.2) is 35.2 Å². The summed E-state index contributed by atoms with van der Waals surface area (Å²) < 4.78 is 0. The van der Waals surface area contributed by atoms with Crippen molar-refractivity contribution in [2.45, 2.75) is 52.2 Å². The normalized spacial score (nSPS) is 36.5. The van der Waals surface area contributed by atoms with Crippen molar-refractivity contribution in [2.75, 3.05) is 13.1 Å². The van der Waals surface area contributed by atoms with Gasteiger partial charge in [0.2, 0.25) is 0 Å². The van der Waals surface area contributed by atoms with Crippen LogP contribution in [0.3, 0.4) is 0 Å². The molecule has 0 aromatic carbocycles. The molecule has 13 heavy (non-hydrogen) atoms. The van der Waals surface area contributed by atoms with Crippen molar-refractivity contribution in [3.8, 4) is 0 Å². The van der Waals surface area contributed by atoms with Crippen molar-refractivity contribution >= 4 is 0 Å². The molecule has 0 saturated carbocycles. The largest absolute Gasteiger partial charge is 0.393 e. The Balaban J connectivity index is 2.37. The third kappa shape index (κ3) is 2.96. The molecular formula is C11H23NO. The average Bonchev–Trinajstić information content (AvgIpc) is 2.09. The first-order chi connectivity index (χ1) is 6.15. The fourth-order valence-corrected chi connectivity index (χ4v) is 2.08. The van der Waals surface area contributed by atoms with E-state index in [1.165, 1.54) is 19.4 Å². The van der Waals surface area contributed by atoms with E-state index in [1.807, 2.05) is 0 Å². The Morgan fingerprint density at radius 1 is 1.38 bits per heavy atom. The lowest BCUT2D eigenvalue weighted by Gasteiger charge is -2.39. The molecule has 2 heteroatoms. The van der Waals surface area contributed by atoms with Gasteiger partial charge in [-0.3, -0.25) is 0 Å². The van der Waals surface area contributed by atoms with E-state index in [0.29, 0.717) is 12.0 Å². The maximum absolute atomic E-state index is 9.66. The van der Waals surface area contributed by atoms with Crippen LogP contribution in [0, 0.1) is 5.92 Å². The summed E-state index contributed by atoms with van der Waals surface area (Å²) in [6.45, 7) is 8.88. The highest BCUT2D eigenvalue weighted by Gasteiger charge is 2.28. The van der Waals surface area contributed by atoms with Gasteiger partial charge in [-0.1, -0.05) is 20.3 Å². The first kappa shape index (κ1) is 11.0. The van der Waals surface area contributed by atoms with Gasteiger partial charge in [0.15, 0.2) is 0 Å². The molecule has 1 aliphatic rings. The first-order valence-corrected chi connectivity index (χ1v) is 5.57. The summed E-state index contributed by atoms with van der Waals surface area (Å²) in [5.74, 6) is 0.452. The number of nitrogens with zero attached hydrogens (tertiary/aromatic N) is 1. The molecule has 1 aliphatic heterocycles. The van der Waals surface area contributed by atoms with Gasteiger partial charge in [-0.25, -0.2) is 0 Å². The predicted molar refractivity (Wildman–Crippen MR) is 55.7 cm³/mol. The van der Waals surface area contributed by atoms with Crippen LogP contribution in [0.2, 0.25) is 0 Å². The van der Waals surface area contributed by atoms with Gasteiger partial charge in [-0.15, -0.1) is 0 Å². The smallest absolute Gasteiger partial charge is 0.0592 e. The lowest BCUT2D eigenvalue weighted by Crippen LogP contribution is -2.47. The Labute approximate surface area is 81.9 Å². The van der Waals surface area contributed by atoms with E-state index in [0.717, 1.165) is 13.0 Å². The molecule has 0 aromatic heterocycles. The molecule has 0 radical (unpaired) electrons. The summed E-state index contributed by atoms with van der Waals surface area (Å²) in [7, 11) is 0. The van der Waals surface area contributed by atoms with Crippen LogP contribution in [-0.2, 0) is 0 Å². The lowest BCUT2D eigenvalue weighted by atomic mass is 9.92. The van der Waals surface area contributed by atoms with Crippen LogP contribution in [0.4, 0.5) is 0 Å². The van der Waals surface area contributed by atoms with E-state index < -0.39 is 0 Å². The minimum absolute atomic E-state index is 0.0760. The van der Waals surface area contributed by atoms with Crippen LogP contribution < -0.4 is 0 Å². The highest BCUT2D eigenvalue weighted by molar-refractivity contribution is 4.82. The summed E-state index contributed by atoms with van der Waals surface area (Å²) in [6.07, 6.45) is 3.42. The zero-order chi connectivity index (χ0) is 9.84. The van der Waals surface area contributed by atoms with Gasteiger partial charge in [-0.05, 0) is 32.2 Å². The second kappa shape index (κ2) is 4.97. The number of aliphatic hydroxyl groups is 1. The van der Waals surface area contributed by atoms with E-state index in [-0.39, 0.29) is 6.10 Å². The number of hydrogen-bond donors (Lipinski definition) is 1. The monoisotopic (exact) mass is 185 g/mol. The molecule has 0 bridgehead atoms. The van der Waals surface area contributed by atoms with E-state index in [1.54, 1.807) is 0 Å². The predicted octanol–water partition coefficient (Wildman–Crippen LogP) is 1.88. The molecule has 0 amide bonds. The second-order valence-electron chi connectivity index (χ2n) is 4.48. The van der Waals surface area contributed by atoms with Crippen LogP contribution >= 0.6 is 0 Å². The van der Waals surface area contributed by atoms with Crippen LogP contribution in [0.1, 0.15) is 40.0 Å². The highest BCUT2D eigenvalue weighted by Crippen LogP contribution is 2.22. The van der Waals surface area contributed by atoms with Gasteiger partial charge >= 0.3 is 0 Å². The fraction of sp³-hybridized carbons (Fsp3) is 1.00. The number of aliphatic hydroxyl groups excluding tert-OH is 1. The van der Waals surface area contributed by atoms with E-state index in [2.05, 4.69) is 25.7 Å². The van der Waals surface area contributed by atoms with Crippen molar-refractivity contribution in [1.29, 1.82) is 0 Å². The Kier molecular flexibility index (Phi) is 4.20. The molecule has 1 saturated heterocycles.